The molecule has 146 valence electrons. The fourth-order valence-corrected chi connectivity index (χ4v) is 2.95. The van der Waals surface area contributed by atoms with Crippen LogP contribution in [0.25, 0.3) is 11.3 Å². The zero-order valence-corrected chi connectivity index (χ0v) is 16.0. The molecule has 2 aromatic carbocycles. The van der Waals surface area contributed by atoms with E-state index in [-0.39, 0.29) is 24.3 Å². The molecule has 3 aromatic rings. The number of hydrogen-bond acceptors (Lipinski definition) is 3. The summed E-state index contributed by atoms with van der Waals surface area (Å²) < 4.78 is 33.1. The molecule has 1 N–H and O–H groups in total. The normalized spacial score (nSPS) is 12.0. The highest BCUT2D eigenvalue weighted by Gasteiger charge is 2.15. The maximum Gasteiger partial charge on any atom is 0.220 e. The lowest BCUT2D eigenvalue weighted by molar-refractivity contribution is -0.121. The summed E-state index contributed by atoms with van der Waals surface area (Å²) in [6.45, 7) is 1.70. The molecule has 0 aliphatic heterocycles. The molecule has 1 aromatic heterocycles. The number of amides is 1. The second kappa shape index (κ2) is 8.97. The van der Waals surface area contributed by atoms with E-state index in [1.807, 2.05) is 12.1 Å². The third-order valence-corrected chi connectivity index (χ3v) is 4.48. The van der Waals surface area contributed by atoms with Gasteiger partial charge in [-0.1, -0.05) is 17.7 Å². The second-order valence-corrected chi connectivity index (χ2v) is 6.93. The van der Waals surface area contributed by atoms with Crippen LogP contribution < -0.4 is 5.32 Å². The smallest absolute Gasteiger partial charge is 0.220 e. The second-order valence-electron chi connectivity index (χ2n) is 6.50. The van der Waals surface area contributed by atoms with Crippen molar-refractivity contribution in [3.8, 4) is 11.3 Å². The van der Waals surface area contributed by atoms with Gasteiger partial charge in [0, 0.05) is 35.0 Å². The predicted molar refractivity (Wildman–Crippen MR) is 103 cm³/mol. The molecule has 0 radical (unpaired) electrons. The van der Waals surface area contributed by atoms with Gasteiger partial charge in [-0.2, -0.15) is 0 Å². The third-order valence-electron chi connectivity index (χ3n) is 4.23. The molecular weight excluding hydrogens is 386 g/mol. The number of halogens is 3. The maximum absolute atomic E-state index is 13.7. The zero-order valence-electron chi connectivity index (χ0n) is 15.2. The molecule has 0 saturated heterocycles. The number of carbonyl (C=O) groups excluding carboxylic acids is 1. The highest BCUT2D eigenvalue weighted by Crippen LogP contribution is 2.22. The molecule has 28 heavy (non-hydrogen) atoms. The molecule has 7 heteroatoms. The zero-order chi connectivity index (χ0) is 20.1. The van der Waals surface area contributed by atoms with Crippen molar-refractivity contribution < 1.29 is 18.0 Å². The van der Waals surface area contributed by atoms with E-state index >= 15 is 0 Å². The van der Waals surface area contributed by atoms with E-state index in [4.69, 9.17) is 16.0 Å². The van der Waals surface area contributed by atoms with Crippen LogP contribution in [0, 0.1) is 11.6 Å². The lowest BCUT2D eigenvalue weighted by atomic mass is 10.1. The molecule has 1 amide bonds. The summed E-state index contributed by atoms with van der Waals surface area (Å²) >= 11 is 5.87. The Hall–Kier alpha value is -2.73. The number of oxazole rings is 1. The number of carbonyl (C=O) groups is 1. The number of nitrogens with zero attached hydrogens (tertiary/aromatic N) is 1. The average molecular weight is 405 g/mol. The summed E-state index contributed by atoms with van der Waals surface area (Å²) in [4.78, 5) is 16.3. The van der Waals surface area contributed by atoms with Crippen LogP contribution in [-0.4, -0.2) is 16.9 Å². The standard InChI is InChI=1S/C21H19ClF2N2O2/c1-13(11-16-17(23)3-2-4-18(16)24)26-20(27)9-10-21-25-12-19(28-21)14-5-7-15(22)8-6-14/h2-8,12-13H,9-11H2,1H3,(H,26,27)/t13-/m1/s1. The Bertz CT molecular complexity index is 937. The largest absolute Gasteiger partial charge is 0.441 e. The monoisotopic (exact) mass is 404 g/mol. The maximum atomic E-state index is 13.7. The van der Waals surface area contributed by atoms with Gasteiger partial charge in [0.25, 0.3) is 0 Å². The molecule has 0 spiro atoms. The highest BCUT2D eigenvalue weighted by molar-refractivity contribution is 6.30. The third kappa shape index (κ3) is 5.16. The van der Waals surface area contributed by atoms with Crippen molar-refractivity contribution in [2.45, 2.75) is 32.2 Å². The first kappa shape index (κ1) is 20.0. The van der Waals surface area contributed by atoms with E-state index in [0.717, 1.165) is 5.56 Å². The van der Waals surface area contributed by atoms with Gasteiger partial charge in [-0.05, 0) is 49.7 Å². The van der Waals surface area contributed by atoms with Crippen LogP contribution in [0.1, 0.15) is 24.8 Å². The quantitative estimate of drug-likeness (QED) is 0.606. The van der Waals surface area contributed by atoms with Gasteiger partial charge >= 0.3 is 0 Å². The number of hydrogen-bond donors (Lipinski definition) is 1. The van der Waals surface area contributed by atoms with E-state index < -0.39 is 17.7 Å². The number of rotatable bonds is 7. The van der Waals surface area contributed by atoms with E-state index in [1.54, 1.807) is 25.3 Å². The fraction of sp³-hybridized carbons (Fsp3) is 0.238. The Morgan fingerprint density at radius 3 is 2.54 bits per heavy atom. The van der Waals surface area contributed by atoms with E-state index in [2.05, 4.69) is 10.3 Å². The molecule has 0 aliphatic rings. The van der Waals surface area contributed by atoms with Crippen molar-refractivity contribution in [2.75, 3.05) is 0 Å². The molecule has 0 fully saturated rings. The lowest BCUT2D eigenvalue weighted by Gasteiger charge is -2.14. The molecular formula is C21H19ClF2N2O2. The summed E-state index contributed by atoms with van der Waals surface area (Å²) in [5, 5.41) is 3.37. The Morgan fingerprint density at radius 1 is 1.18 bits per heavy atom. The molecule has 0 aliphatic carbocycles. The van der Waals surface area contributed by atoms with Crippen molar-refractivity contribution in [1.82, 2.24) is 10.3 Å². The summed E-state index contributed by atoms with van der Waals surface area (Å²) in [7, 11) is 0. The predicted octanol–water partition coefficient (Wildman–Crippen LogP) is 4.95. The minimum Gasteiger partial charge on any atom is -0.441 e. The van der Waals surface area contributed by atoms with Gasteiger partial charge in [-0.3, -0.25) is 4.79 Å². The molecule has 0 unspecified atom stereocenters. The van der Waals surface area contributed by atoms with Gasteiger partial charge in [0.2, 0.25) is 5.91 Å². The van der Waals surface area contributed by atoms with E-state index in [0.29, 0.717) is 23.1 Å². The van der Waals surface area contributed by atoms with E-state index in [9.17, 15) is 13.6 Å². The number of aromatic nitrogens is 1. The molecule has 0 saturated carbocycles. The van der Waals surface area contributed by atoms with Crippen LogP contribution >= 0.6 is 11.6 Å². The molecule has 4 nitrogen and oxygen atoms in total. The highest BCUT2D eigenvalue weighted by atomic mass is 35.5. The number of benzene rings is 2. The van der Waals surface area contributed by atoms with Crippen LogP contribution in [0.2, 0.25) is 5.02 Å². The van der Waals surface area contributed by atoms with Gasteiger partial charge in [0.1, 0.15) is 11.6 Å². The lowest BCUT2D eigenvalue weighted by Crippen LogP contribution is -2.34. The first-order valence-electron chi connectivity index (χ1n) is 8.85. The Balaban J connectivity index is 1.51. The molecule has 1 atom stereocenters. The topological polar surface area (TPSA) is 55.1 Å². The van der Waals surface area contributed by atoms with Crippen molar-refractivity contribution in [1.29, 1.82) is 0 Å². The first-order chi connectivity index (χ1) is 13.4. The number of aryl methyl sites for hydroxylation is 1. The number of nitrogens with one attached hydrogen (secondary N) is 1. The summed E-state index contributed by atoms with van der Waals surface area (Å²) in [5.41, 5.74) is 0.809. The first-order valence-corrected chi connectivity index (χ1v) is 9.23. The van der Waals surface area contributed by atoms with Crippen molar-refractivity contribution in [2.24, 2.45) is 0 Å². The van der Waals surface area contributed by atoms with Gasteiger partial charge in [-0.15, -0.1) is 0 Å². The van der Waals surface area contributed by atoms with Crippen LogP contribution in [0.5, 0.6) is 0 Å². The molecule has 0 bridgehead atoms. The van der Waals surface area contributed by atoms with Crippen molar-refractivity contribution >= 4 is 17.5 Å². The van der Waals surface area contributed by atoms with E-state index in [1.165, 1.54) is 18.2 Å². The van der Waals surface area contributed by atoms with Crippen LogP contribution in [0.15, 0.2) is 53.1 Å². The van der Waals surface area contributed by atoms with Crippen LogP contribution in [0.4, 0.5) is 8.78 Å². The van der Waals surface area contributed by atoms with Crippen molar-refractivity contribution in [3.63, 3.8) is 0 Å². The Kier molecular flexibility index (Phi) is 6.41. The summed E-state index contributed by atoms with van der Waals surface area (Å²) in [5.74, 6) is -0.440. The van der Waals surface area contributed by atoms with Crippen LogP contribution in [-0.2, 0) is 17.6 Å². The van der Waals surface area contributed by atoms with Gasteiger partial charge < -0.3 is 9.73 Å². The average Bonchev–Trinajstić information content (AvgIpc) is 3.13. The van der Waals surface area contributed by atoms with Gasteiger partial charge in [0.05, 0.1) is 6.20 Å². The Morgan fingerprint density at radius 2 is 1.86 bits per heavy atom. The van der Waals surface area contributed by atoms with Crippen molar-refractivity contribution in [3.05, 3.63) is 76.8 Å². The molecule has 1 heterocycles. The molecule has 3 rings (SSSR count). The van der Waals surface area contributed by atoms with Crippen LogP contribution in [0.3, 0.4) is 0 Å². The van der Waals surface area contributed by atoms with Gasteiger partial charge in [0.15, 0.2) is 11.7 Å². The van der Waals surface area contributed by atoms with Gasteiger partial charge in [-0.25, -0.2) is 13.8 Å². The summed E-state index contributed by atoms with van der Waals surface area (Å²) in [6, 6.07) is 10.5. The summed E-state index contributed by atoms with van der Waals surface area (Å²) in [6.07, 6.45) is 2.15. The minimum atomic E-state index is -0.615. The Labute approximate surface area is 166 Å². The SMILES string of the molecule is C[C@H](Cc1c(F)cccc1F)NC(=O)CCc1ncc(-c2ccc(Cl)cc2)o1. The minimum absolute atomic E-state index is 0.0318. The fourth-order valence-electron chi connectivity index (χ4n) is 2.83.